The molecular formula is C17H18ClN3O2. The van der Waals surface area contributed by atoms with E-state index in [1.54, 1.807) is 30.7 Å². The zero-order chi connectivity index (χ0) is 16.2. The first kappa shape index (κ1) is 15.8. The molecule has 120 valence electrons. The van der Waals surface area contributed by atoms with Crippen molar-refractivity contribution in [1.29, 1.82) is 0 Å². The maximum Gasteiger partial charge on any atom is 0.258 e. The number of halogens is 1. The minimum absolute atomic E-state index is 0.123. The average molecular weight is 332 g/mol. The van der Waals surface area contributed by atoms with E-state index in [9.17, 15) is 4.79 Å². The van der Waals surface area contributed by atoms with Gasteiger partial charge in [0.1, 0.15) is 11.4 Å². The lowest BCUT2D eigenvalue weighted by Crippen LogP contribution is -2.25. The molecule has 3 rings (SSSR count). The van der Waals surface area contributed by atoms with Crippen LogP contribution in [0.2, 0.25) is 5.02 Å². The SMILES string of the molecule is CCCN(Cc1cc(=O)n2cc(Cl)ccc2n1)Cc1ccco1. The molecule has 23 heavy (non-hydrogen) atoms. The van der Waals surface area contributed by atoms with Crippen molar-refractivity contribution >= 4 is 17.2 Å². The fraction of sp³-hybridized carbons (Fsp3) is 0.294. The molecule has 0 bridgehead atoms. The van der Waals surface area contributed by atoms with E-state index in [0.29, 0.717) is 23.8 Å². The standard InChI is InChI=1S/C17H18ClN3O2/c1-2-7-20(12-15-4-3-8-23-15)11-14-9-17(22)21-10-13(18)5-6-16(21)19-14/h3-6,8-10H,2,7,11-12H2,1H3. The van der Waals surface area contributed by atoms with Crippen molar-refractivity contribution in [2.45, 2.75) is 26.4 Å². The molecule has 3 heterocycles. The molecule has 0 fully saturated rings. The Morgan fingerprint density at radius 3 is 2.91 bits per heavy atom. The summed E-state index contributed by atoms with van der Waals surface area (Å²) in [6.45, 7) is 4.33. The number of fused-ring (bicyclic) bond motifs is 1. The van der Waals surface area contributed by atoms with Crippen LogP contribution in [0.4, 0.5) is 0 Å². The second-order valence-corrected chi connectivity index (χ2v) is 5.89. The Bertz CT molecular complexity index is 843. The molecule has 0 atom stereocenters. The Kier molecular flexibility index (Phi) is 4.79. The Hall–Kier alpha value is -2.11. The molecule has 0 amide bonds. The molecule has 0 aliphatic rings. The van der Waals surface area contributed by atoms with Gasteiger partial charge in [0, 0.05) is 18.8 Å². The van der Waals surface area contributed by atoms with Gasteiger partial charge in [-0.25, -0.2) is 4.98 Å². The molecule has 0 aliphatic carbocycles. The summed E-state index contributed by atoms with van der Waals surface area (Å²) >= 11 is 5.93. The minimum Gasteiger partial charge on any atom is -0.468 e. The van der Waals surface area contributed by atoms with Crippen LogP contribution in [-0.4, -0.2) is 20.8 Å². The van der Waals surface area contributed by atoms with Crippen molar-refractivity contribution in [1.82, 2.24) is 14.3 Å². The van der Waals surface area contributed by atoms with E-state index in [1.165, 1.54) is 4.40 Å². The fourth-order valence-electron chi connectivity index (χ4n) is 2.59. The highest BCUT2D eigenvalue weighted by molar-refractivity contribution is 6.30. The molecule has 0 unspecified atom stereocenters. The van der Waals surface area contributed by atoms with E-state index in [2.05, 4.69) is 16.8 Å². The summed E-state index contributed by atoms with van der Waals surface area (Å²) in [5.41, 5.74) is 1.23. The number of pyridine rings is 1. The first-order chi connectivity index (χ1) is 11.2. The van der Waals surface area contributed by atoms with E-state index in [0.717, 1.165) is 24.4 Å². The van der Waals surface area contributed by atoms with Crippen molar-refractivity contribution in [2.24, 2.45) is 0 Å². The summed E-state index contributed by atoms with van der Waals surface area (Å²) in [6.07, 6.45) is 4.27. The Labute approximate surface area is 139 Å². The Balaban J connectivity index is 1.86. The quantitative estimate of drug-likeness (QED) is 0.695. The summed E-state index contributed by atoms with van der Waals surface area (Å²) in [5.74, 6) is 0.905. The molecule has 0 spiro atoms. The van der Waals surface area contributed by atoms with E-state index < -0.39 is 0 Å². The largest absolute Gasteiger partial charge is 0.468 e. The third-order valence-corrected chi connectivity index (χ3v) is 3.79. The van der Waals surface area contributed by atoms with Crippen LogP contribution < -0.4 is 5.56 Å². The van der Waals surface area contributed by atoms with Gasteiger partial charge in [-0.3, -0.25) is 14.1 Å². The third-order valence-electron chi connectivity index (χ3n) is 3.56. The second-order valence-electron chi connectivity index (χ2n) is 5.45. The van der Waals surface area contributed by atoms with Crippen LogP contribution in [0.15, 0.2) is 52.0 Å². The van der Waals surface area contributed by atoms with Crippen molar-refractivity contribution in [2.75, 3.05) is 6.54 Å². The van der Waals surface area contributed by atoms with Crippen molar-refractivity contribution < 1.29 is 4.42 Å². The minimum atomic E-state index is -0.123. The highest BCUT2D eigenvalue weighted by Gasteiger charge is 2.11. The number of aromatic nitrogens is 2. The first-order valence-electron chi connectivity index (χ1n) is 7.58. The van der Waals surface area contributed by atoms with Gasteiger partial charge in [0.25, 0.3) is 5.56 Å². The molecule has 0 aromatic carbocycles. The number of hydrogen-bond donors (Lipinski definition) is 0. The molecule has 0 saturated heterocycles. The van der Waals surface area contributed by atoms with Crippen LogP contribution in [0.5, 0.6) is 0 Å². The van der Waals surface area contributed by atoms with Gasteiger partial charge < -0.3 is 4.42 Å². The highest BCUT2D eigenvalue weighted by atomic mass is 35.5. The first-order valence-corrected chi connectivity index (χ1v) is 7.96. The van der Waals surface area contributed by atoms with Crippen molar-refractivity contribution in [3.05, 3.63) is 69.6 Å². The van der Waals surface area contributed by atoms with Gasteiger partial charge in [-0.15, -0.1) is 0 Å². The maximum atomic E-state index is 12.2. The van der Waals surface area contributed by atoms with Crippen molar-refractivity contribution in [3.63, 3.8) is 0 Å². The molecule has 3 aromatic heterocycles. The summed E-state index contributed by atoms with van der Waals surface area (Å²) in [7, 11) is 0. The molecule has 0 radical (unpaired) electrons. The van der Waals surface area contributed by atoms with Crippen LogP contribution in [-0.2, 0) is 13.1 Å². The monoisotopic (exact) mass is 331 g/mol. The number of rotatable bonds is 6. The number of nitrogens with zero attached hydrogens (tertiary/aromatic N) is 3. The molecule has 0 N–H and O–H groups in total. The summed E-state index contributed by atoms with van der Waals surface area (Å²) in [4.78, 5) is 19.0. The van der Waals surface area contributed by atoms with Gasteiger partial charge >= 0.3 is 0 Å². The summed E-state index contributed by atoms with van der Waals surface area (Å²) < 4.78 is 6.87. The lowest BCUT2D eigenvalue weighted by Gasteiger charge is -2.20. The van der Waals surface area contributed by atoms with E-state index in [1.807, 2.05) is 12.1 Å². The van der Waals surface area contributed by atoms with Crippen LogP contribution in [0, 0.1) is 0 Å². The Morgan fingerprint density at radius 1 is 1.30 bits per heavy atom. The normalized spacial score (nSPS) is 11.4. The van der Waals surface area contributed by atoms with Gasteiger partial charge in [-0.05, 0) is 37.2 Å². The van der Waals surface area contributed by atoms with Crippen LogP contribution in [0.25, 0.3) is 5.65 Å². The zero-order valence-corrected chi connectivity index (χ0v) is 13.7. The average Bonchev–Trinajstić information content (AvgIpc) is 3.01. The summed E-state index contributed by atoms with van der Waals surface area (Å²) in [6, 6.07) is 8.88. The van der Waals surface area contributed by atoms with Gasteiger partial charge in [0.15, 0.2) is 0 Å². The molecule has 5 nitrogen and oxygen atoms in total. The van der Waals surface area contributed by atoms with Gasteiger partial charge in [0.05, 0.1) is 23.5 Å². The number of hydrogen-bond acceptors (Lipinski definition) is 4. The fourth-order valence-corrected chi connectivity index (χ4v) is 2.75. The van der Waals surface area contributed by atoms with E-state index in [-0.39, 0.29) is 5.56 Å². The van der Waals surface area contributed by atoms with Gasteiger partial charge in [0.2, 0.25) is 0 Å². The third kappa shape index (κ3) is 3.81. The molecule has 3 aromatic rings. The van der Waals surface area contributed by atoms with Gasteiger partial charge in [-0.2, -0.15) is 0 Å². The lowest BCUT2D eigenvalue weighted by atomic mass is 10.3. The predicted octanol–water partition coefficient (Wildman–Crippen LogP) is 3.35. The molecule has 0 aliphatic heterocycles. The van der Waals surface area contributed by atoms with Gasteiger partial charge in [-0.1, -0.05) is 18.5 Å². The van der Waals surface area contributed by atoms with Crippen LogP contribution in [0.1, 0.15) is 24.8 Å². The smallest absolute Gasteiger partial charge is 0.258 e. The van der Waals surface area contributed by atoms with Crippen molar-refractivity contribution in [3.8, 4) is 0 Å². The second kappa shape index (κ2) is 6.98. The zero-order valence-electron chi connectivity index (χ0n) is 12.9. The molecule has 6 heteroatoms. The topological polar surface area (TPSA) is 50.8 Å². The van der Waals surface area contributed by atoms with Crippen LogP contribution >= 0.6 is 11.6 Å². The number of furan rings is 1. The maximum absolute atomic E-state index is 12.2. The van der Waals surface area contributed by atoms with Crippen LogP contribution in [0.3, 0.4) is 0 Å². The Morgan fingerprint density at radius 2 is 2.17 bits per heavy atom. The van der Waals surface area contributed by atoms with E-state index in [4.69, 9.17) is 16.0 Å². The highest BCUT2D eigenvalue weighted by Crippen LogP contribution is 2.12. The molecular weight excluding hydrogens is 314 g/mol. The predicted molar refractivity (Wildman–Crippen MR) is 89.6 cm³/mol. The molecule has 0 saturated carbocycles. The lowest BCUT2D eigenvalue weighted by molar-refractivity contribution is 0.233. The van der Waals surface area contributed by atoms with E-state index >= 15 is 0 Å². The summed E-state index contributed by atoms with van der Waals surface area (Å²) in [5, 5.41) is 0.513.